The lowest BCUT2D eigenvalue weighted by Crippen LogP contribution is -2.19. The van der Waals surface area contributed by atoms with Crippen LogP contribution in [0.1, 0.15) is 17.2 Å². The fourth-order valence-corrected chi connectivity index (χ4v) is 2.89. The van der Waals surface area contributed by atoms with E-state index < -0.39 is 5.82 Å². The molecule has 1 unspecified atom stereocenters. The molecule has 2 aromatic carbocycles. The minimum atomic E-state index is -0.398. The van der Waals surface area contributed by atoms with Crippen molar-refractivity contribution in [2.45, 2.75) is 12.5 Å². The van der Waals surface area contributed by atoms with Crippen LogP contribution in [0.15, 0.2) is 40.9 Å². The molecule has 0 saturated heterocycles. The quantitative estimate of drug-likeness (QED) is 0.817. The lowest BCUT2D eigenvalue weighted by molar-refractivity contribution is 0.412. The van der Waals surface area contributed by atoms with Crippen LogP contribution in [0.25, 0.3) is 0 Å². The Morgan fingerprint density at radius 3 is 2.62 bits per heavy atom. The third kappa shape index (κ3) is 3.96. The summed E-state index contributed by atoms with van der Waals surface area (Å²) in [4.78, 5) is 0. The first-order chi connectivity index (χ1) is 10.0. The average Bonchev–Trinajstić information content (AvgIpc) is 2.48. The number of methoxy groups -OCH3 is 1. The zero-order valence-electron chi connectivity index (χ0n) is 11.8. The summed E-state index contributed by atoms with van der Waals surface area (Å²) in [6.45, 7) is 0. The van der Waals surface area contributed by atoms with Gasteiger partial charge >= 0.3 is 0 Å². The van der Waals surface area contributed by atoms with Crippen LogP contribution in [-0.2, 0) is 6.42 Å². The van der Waals surface area contributed by atoms with Crippen LogP contribution in [0.2, 0.25) is 5.02 Å². The van der Waals surface area contributed by atoms with Gasteiger partial charge in [-0.15, -0.1) is 0 Å². The van der Waals surface area contributed by atoms with Crippen LogP contribution in [0, 0.1) is 5.82 Å². The highest BCUT2D eigenvalue weighted by molar-refractivity contribution is 9.10. The molecule has 112 valence electrons. The maximum Gasteiger partial charge on any atom is 0.142 e. The van der Waals surface area contributed by atoms with Gasteiger partial charge in [0.1, 0.15) is 11.6 Å². The molecule has 0 heterocycles. The van der Waals surface area contributed by atoms with Crippen molar-refractivity contribution in [3.05, 3.63) is 62.8 Å². The summed E-state index contributed by atoms with van der Waals surface area (Å²) in [6.07, 6.45) is 0.736. The van der Waals surface area contributed by atoms with Gasteiger partial charge in [0.2, 0.25) is 0 Å². The molecule has 0 bridgehead atoms. The summed E-state index contributed by atoms with van der Waals surface area (Å²) < 4.78 is 19.7. The zero-order valence-corrected chi connectivity index (χ0v) is 14.1. The molecule has 2 rings (SSSR count). The molecule has 5 heteroatoms. The molecule has 0 radical (unpaired) electrons. The number of likely N-dealkylation sites (N-methyl/N-ethyl adjacent to an activating group) is 1. The summed E-state index contributed by atoms with van der Waals surface area (Å²) >= 11 is 9.20. The van der Waals surface area contributed by atoms with Gasteiger partial charge in [-0.25, -0.2) is 4.39 Å². The molecular weight excluding hydrogens is 357 g/mol. The van der Waals surface area contributed by atoms with E-state index in [1.54, 1.807) is 13.2 Å². The van der Waals surface area contributed by atoms with Gasteiger partial charge in [0.05, 0.1) is 16.6 Å². The molecule has 2 aromatic rings. The van der Waals surface area contributed by atoms with E-state index in [0.717, 1.165) is 27.8 Å². The van der Waals surface area contributed by atoms with Gasteiger partial charge in [-0.05, 0) is 64.8 Å². The molecule has 0 amide bonds. The Bertz CT molecular complexity index is 636. The maximum atomic E-state index is 13.6. The Labute approximate surface area is 137 Å². The van der Waals surface area contributed by atoms with E-state index in [-0.39, 0.29) is 11.1 Å². The predicted molar refractivity (Wildman–Crippen MR) is 87.6 cm³/mol. The van der Waals surface area contributed by atoms with Crippen molar-refractivity contribution in [1.82, 2.24) is 5.32 Å². The van der Waals surface area contributed by atoms with Crippen molar-refractivity contribution in [1.29, 1.82) is 0 Å². The molecule has 0 aromatic heterocycles. The zero-order chi connectivity index (χ0) is 15.4. The molecule has 2 nitrogen and oxygen atoms in total. The second-order valence-electron chi connectivity index (χ2n) is 4.69. The molecule has 1 N–H and O–H groups in total. The van der Waals surface area contributed by atoms with E-state index in [4.69, 9.17) is 16.3 Å². The number of ether oxygens (including phenoxy) is 1. The van der Waals surface area contributed by atoms with Crippen molar-refractivity contribution < 1.29 is 9.13 Å². The van der Waals surface area contributed by atoms with Crippen molar-refractivity contribution in [3.8, 4) is 5.75 Å². The van der Waals surface area contributed by atoms with Crippen molar-refractivity contribution >= 4 is 27.5 Å². The van der Waals surface area contributed by atoms with Crippen molar-refractivity contribution in [2.75, 3.05) is 14.2 Å². The Balaban J connectivity index is 2.22. The summed E-state index contributed by atoms with van der Waals surface area (Å²) in [5, 5.41) is 3.34. The highest BCUT2D eigenvalue weighted by atomic mass is 79.9. The van der Waals surface area contributed by atoms with Crippen LogP contribution in [0.5, 0.6) is 5.75 Å². The van der Waals surface area contributed by atoms with Crippen LogP contribution in [0.4, 0.5) is 4.39 Å². The smallest absolute Gasteiger partial charge is 0.142 e. The summed E-state index contributed by atoms with van der Waals surface area (Å²) in [5.74, 6) is 0.391. The van der Waals surface area contributed by atoms with Crippen molar-refractivity contribution in [3.63, 3.8) is 0 Å². The summed E-state index contributed by atoms with van der Waals surface area (Å²) in [7, 11) is 3.49. The highest BCUT2D eigenvalue weighted by Gasteiger charge is 2.13. The average molecular weight is 373 g/mol. The highest BCUT2D eigenvalue weighted by Crippen LogP contribution is 2.28. The van der Waals surface area contributed by atoms with Crippen LogP contribution < -0.4 is 10.1 Å². The second kappa shape index (κ2) is 7.25. The predicted octanol–water partition coefficient (Wildman–Crippen LogP) is 4.75. The van der Waals surface area contributed by atoms with E-state index in [9.17, 15) is 4.39 Å². The van der Waals surface area contributed by atoms with E-state index in [1.165, 1.54) is 6.07 Å². The molecule has 0 aliphatic heterocycles. The summed E-state index contributed by atoms with van der Waals surface area (Å²) in [6, 6.07) is 10.8. The fourth-order valence-electron chi connectivity index (χ4n) is 2.19. The lowest BCUT2D eigenvalue weighted by atomic mass is 9.99. The Morgan fingerprint density at radius 2 is 2.05 bits per heavy atom. The van der Waals surface area contributed by atoms with Crippen LogP contribution in [0.3, 0.4) is 0 Å². The molecule has 0 saturated carbocycles. The standard InChI is InChI=1S/C16H16BrClFNO/c1-20-15(11-4-5-13(18)14(19)9-11)8-10-3-6-16(21-2)12(17)7-10/h3-7,9,15,20H,8H2,1-2H3. The molecule has 0 spiro atoms. The third-order valence-electron chi connectivity index (χ3n) is 3.35. The third-order valence-corrected chi connectivity index (χ3v) is 4.28. The first kappa shape index (κ1) is 16.3. The minimum absolute atomic E-state index is 0.0112. The molecule has 0 aliphatic carbocycles. The van der Waals surface area contributed by atoms with Gasteiger partial charge in [0, 0.05) is 6.04 Å². The van der Waals surface area contributed by atoms with Gasteiger partial charge < -0.3 is 10.1 Å². The lowest BCUT2D eigenvalue weighted by Gasteiger charge is -2.18. The largest absolute Gasteiger partial charge is 0.496 e. The van der Waals surface area contributed by atoms with E-state index >= 15 is 0 Å². The first-order valence-electron chi connectivity index (χ1n) is 6.49. The Kier molecular flexibility index (Phi) is 5.62. The number of benzene rings is 2. The summed E-state index contributed by atoms with van der Waals surface area (Å²) in [5.41, 5.74) is 1.99. The SMILES string of the molecule is CNC(Cc1ccc(OC)c(Br)c1)c1ccc(Cl)c(F)c1. The van der Waals surface area contributed by atoms with E-state index in [1.807, 2.05) is 31.3 Å². The molecule has 0 aliphatic rings. The normalized spacial score (nSPS) is 12.2. The minimum Gasteiger partial charge on any atom is -0.496 e. The Morgan fingerprint density at radius 1 is 1.29 bits per heavy atom. The molecule has 0 fully saturated rings. The molecule has 21 heavy (non-hydrogen) atoms. The second-order valence-corrected chi connectivity index (χ2v) is 5.95. The maximum absolute atomic E-state index is 13.6. The number of halogens is 3. The van der Waals surface area contributed by atoms with Crippen molar-refractivity contribution in [2.24, 2.45) is 0 Å². The van der Waals surface area contributed by atoms with Gasteiger partial charge in [0.25, 0.3) is 0 Å². The molecular formula is C16H16BrClFNO. The fraction of sp³-hybridized carbons (Fsp3) is 0.250. The number of hydrogen-bond donors (Lipinski definition) is 1. The van der Waals surface area contributed by atoms with Gasteiger partial charge in [-0.3, -0.25) is 0 Å². The molecule has 1 atom stereocenters. The first-order valence-corrected chi connectivity index (χ1v) is 7.67. The van der Waals surface area contributed by atoms with Gasteiger partial charge in [-0.1, -0.05) is 23.7 Å². The number of hydrogen-bond acceptors (Lipinski definition) is 2. The van der Waals surface area contributed by atoms with Gasteiger partial charge in [0.15, 0.2) is 0 Å². The number of nitrogens with one attached hydrogen (secondary N) is 1. The van der Waals surface area contributed by atoms with E-state index in [2.05, 4.69) is 21.2 Å². The van der Waals surface area contributed by atoms with E-state index in [0.29, 0.717) is 0 Å². The topological polar surface area (TPSA) is 21.3 Å². The van der Waals surface area contributed by atoms with Gasteiger partial charge in [-0.2, -0.15) is 0 Å². The monoisotopic (exact) mass is 371 g/mol. The Hall–Kier alpha value is -1.10. The number of rotatable bonds is 5. The van der Waals surface area contributed by atoms with Crippen LogP contribution >= 0.6 is 27.5 Å². The van der Waals surface area contributed by atoms with Crippen LogP contribution in [-0.4, -0.2) is 14.2 Å².